The van der Waals surface area contributed by atoms with Crippen LogP contribution < -0.4 is 0 Å². The van der Waals surface area contributed by atoms with Crippen LogP contribution in [0.4, 0.5) is 0 Å². The van der Waals surface area contributed by atoms with Crippen molar-refractivity contribution in [3.63, 3.8) is 0 Å². The first kappa shape index (κ1) is 16.5. The van der Waals surface area contributed by atoms with Crippen molar-refractivity contribution in [3.8, 4) is 22.3 Å². The molecule has 0 saturated heterocycles. The Hall–Kier alpha value is -2.38. The number of aliphatic hydroxyl groups is 1. The van der Waals surface area contributed by atoms with E-state index in [0.717, 1.165) is 22.3 Å². The first-order valence-corrected chi connectivity index (χ1v) is 8.54. The summed E-state index contributed by atoms with van der Waals surface area (Å²) in [4.78, 5) is 0. The van der Waals surface area contributed by atoms with Crippen LogP contribution in [0.5, 0.6) is 0 Å². The molecule has 0 bridgehead atoms. The van der Waals surface area contributed by atoms with Crippen LogP contribution in [-0.2, 0) is 0 Å². The van der Waals surface area contributed by atoms with Crippen molar-refractivity contribution in [3.05, 3.63) is 83.4 Å². The number of hydrogen-bond donors (Lipinski definition) is 1. The Morgan fingerprint density at radius 3 is 1.96 bits per heavy atom. The highest BCUT2D eigenvalue weighted by molar-refractivity contribution is 5.74. The van der Waals surface area contributed by atoms with Crippen molar-refractivity contribution in [1.82, 2.24) is 0 Å². The molecule has 0 spiro atoms. The summed E-state index contributed by atoms with van der Waals surface area (Å²) >= 11 is 0. The predicted molar refractivity (Wildman–Crippen MR) is 102 cm³/mol. The van der Waals surface area contributed by atoms with Crippen molar-refractivity contribution in [2.75, 3.05) is 0 Å². The van der Waals surface area contributed by atoms with E-state index in [2.05, 4.69) is 80.6 Å². The number of aryl methyl sites for hydroxylation is 2. The van der Waals surface area contributed by atoms with Crippen molar-refractivity contribution >= 4 is 0 Å². The molecule has 0 heterocycles. The molecular weight excluding hydrogens is 292 g/mol. The molecule has 0 radical (unpaired) electrons. The standard InChI is InChI=1S/C23H24O/c1-4-23(24)22-15-19(18-9-5-7-16(2)13-18)11-12-21(22)20-10-6-8-17(3)14-20/h5-15,23-24H,4H2,1-3H3/t23-/m0/s1. The SMILES string of the molecule is CC[C@H](O)c1cc(-c2cccc(C)c2)ccc1-c1cccc(C)c1. The fraction of sp³-hybridized carbons (Fsp3) is 0.217. The molecule has 3 rings (SSSR count). The number of benzene rings is 3. The van der Waals surface area contributed by atoms with E-state index in [0.29, 0.717) is 6.42 Å². The summed E-state index contributed by atoms with van der Waals surface area (Å²) in [5, 5.41) is 10.6. The largest absolute Gasteiger partial charge is 0.388 e. The molecule has 0 unspecified atom stereocenters. The maximum atomic E-state index is 10.6. The van der Waals surface area contributed by atoms with Gasteiger partial charge in [-0.3, -0.25) is 0 Å². The van der Waals surface area contributed by atoms with E-state index in [-0.39, 0.29) is 0 Å². The first-order chi connectivity index (χ1) is 11.6. The quantitative estimate of drug-likeness (QED) is 0.618. The zero-order valence-corrected chi connectivity index (χ0v) is 14.6. The van der Waals surface area contributed by atoms with Crippen LogP contribution in [-0.4, -0.2) is 5.11 Å². The third-order valence-corrected chi connectivity index (χ3v) is 4.48. The van der Waals surface area contributed by atoms with E-state index < -0.39 is 6.10 Å². The van der Waals surface area contributed by atoms with Crippen LogP contribution in [0.2, 0.25) is 0 Å². The highest BCUT2D eigenvalue weighted by atomic mass is 16.3. The molecule has 3 aromatic carbocycles. The lowest BCUT2D eigenvalue weighted by Crippen LogP contribution is -1.99. The molecule has 0 amide bonds. The maximum absolute atomic E-state index is 10.6. The zero-order chi connectivity index (χ0) is 17.1. The molecule has 0 aliphatic carbocycles. The van der Waals surface area contributed by atoms with Crippen LogP contribution in [0.3, 0.4) is 0 Å². The summed E-state index contributed by atoms with van der Waals surface area (Å²) < 4.78 is 0. The van der Waals surface area contributed by atoms with Gasteiger partial charge in [-0.1, -0.05) is 78.7 Å². The van der Waals surface area contributed by atoms with Crippen LogP contribution in [0.15, 0.2) is 66.7 Å². The third-order valence-electron chi connectivity index (χ3n) is 4.48. The Balaban J connectivity index is 2.14. The molecule has 1 nitrogen and oxygen atoms in total. The first-order valence-electron chi connectivity index (χ1n) is 8.54. The summed E-state index contributed by atoms with van der Waals surface area (Å²) in [6.07, 6.45) is 0.251. The third kappa shape index (κ3) is 3.42. The van der Waals surface area contributed by atoms with Gasteiger partial charge < -0.3 is 5.11 Å². The summed E-state index contributed by atoms with van der Waals surface area (Å²) in [6.45, 7) is 6.22. The molecule has 1 N–H and O–H groups in total. The monoisotopic (exact) mass is 316 g/mol. The molecule has 0 fully saturated rings. The normalized spacial score (nSPS) is 12.2. The lowest BCUT2D eigenvalue weighted by atomic mass is 9.90. The predicted octanol–water partition coefficient (Wildman–Crippen LogP) is 6.08. The van der Waals surface area contributed by atoms with Gasteiger partial charge in [0, 0.05) is 0 Å². The zero-order valence-electron chi connectivity index (χ0n) is 14.6. The average Bonchev–Trinajstić information content (AvgIpc) is 2.60. The molecule has 0 aliphatic heterocycles. The van der Waals surface area contributed by atoms with Gasteiger partial charge in [-0.2, -0.15) is 0 Å². The summed E-state index contributed by atoms with van der Waals surface area (Å²) in [5.74, 6) is 0. The van der Waals surface area contributed by atoms with Gasteiger partial charge in [0.2, 0.25) is 0 Å². The van der Waals surface area contributed by atoms with Gasteiger partial charge >= 0.3 is 0 Å². The minimum Gasteiger partial charge on any atom is -0.388 e. The molecule has 3 aromatic rings. The Bertz CT molecular complexity index is 848. The van der Waals surface area contributed by atoms with E-state index in [1.807, 2.05) is 6.92 Å². The smallest absolute Gasteiger partial charge is 0.0793 e. The topological polar surface area (TPSA) is 20.2 Å². The second-order valence-electron chi connectivity index (χ2n) is 6.47. The van der Waals surface area contributed by atoms with Crippen LogP contribution in [0.1, 0.15) is 36.1 Å². The molecule has 24 heavy (non-hydrogen) atoms. The van der Waals surface area contributed by atoms with Crippen molar-refractivity contribution in [2.24, 2.45) is 0 Å². The molecule has 0 saturated carbocycles. The number of aliphatic hydroxyl groups excluding tert-OH is 1. The Labute approximate surface area is 144 Å². The minimum absolute atomic E-state index is 0.453. The Kier molecular flexibility index (Phi) is 4.82. The van der Waals surface area contributed by atoms with E-state index in [4.69, 9.17) is 0 Å². The molecule has 1 atom stereocenters. The molecular formula is C23H24O. The van der Waals surface area contributed by atoms with Crippen LogP contribution in [0, 0.1) is 13.8 Å². The van der Waals surface area contributed by atoms with Gasteiger partial charge in [0.25, 0.3) is 0 Å². The van der Waals surface area contributed by atoms with E-state index in [1.165, 1.54) is 16.7 Å². The van der Waals surface area contributed by atoms with Crippen molar-refractivity contribution < 1.29 is 5.11 Å². The maximum Gasteiger partial charge on any atom is 0.0793 e. The van der Waals surface area contributed by atoms with E-state index in [1.54, 1.807) is 0 Å². The average molecular weight is 316 g/mol. The van der Waals surface area contributed by atoms with Gasteiger partial charge in [-0.05, 0) is 54.2 Å². The highest BCUT2D eigenvalue weighted by Crippen LogP contribution is 2.34. The molecule has 122 valence electrons. The van der Waals surface area contributed by atoms with Gasteiger partial charge in [0.1, 0.15) is 0 Å². The number of hydrogen-bond acceptors (Lipinski definition) is 1. The molecule has 1 heteroatoms. The van der Waals surface area contributed by atoms with Crippen molar-refractivity contribution in [1.29, 1.82) is 0 Å². The van der Waals surface area contributed by atoms with Gasteiger partial charge in [-0.25, -0.2) is 0 Å². The second kappa shape index (κ2) is 7.02. The highest BCUT2D eigenvalue weighted by Gasteiger charge is 2.14. The summed E-state index contributed by atoms with van der Waals surface area (Å²) in [6, 6.07) is 23.4. The second-order valence-corrected chi connectivity index (χ2v) is 6.47. The van der Waals surface area contributed by atoms with Crippen LogP contribution in [0.25, 0.3) is 22.3 Å². The van der Waals surface area contributed by atoms with E-state index >= 15 is 0 Å². The number of rotatable bonds is 4. The van der Waals surface area contributed by atoms with Crippen LogP contribution >= 0.6 is 0 Å². The molecule has 0 aromatic heterocycles. The fourth-order valence-corrected chi connectivity index (χ4v) is 3.14. The Morgan fingerprint density at radius 2 is 1.33 bits per heavy atom. The lowest BCUT2D eigenvalue weighted by Gasteiger charge is -2.17. The summed E-state index contributed by atoms with van der Waals surface area (Å²) in [5.41, 5.74) is 8.09. The Morgan fingerprint density at radius 1 is 0.750 bits per heavy atom. The fourth-order valence-electron chi connectivity index (χ4n) is 3.14. The lowest BCUT2D eigenvalue weighted by molar-refractivity contribution is 0.174. The van der Waals surface area contributed by atoms with E-state index in [9.17, 15) is 5.11 Å². The summed E-state index contributed by atoms with van der Waals surface area (Å²) in [7, 11) is 0. The van der Waals surface area contributed by atoms with Gasteiger partial charge in [0.05, 0.1) is 6.10 Å². The minimum atomic E-state index is -0.453. The van der Waals surface area contributed by atoms with Gasteiger partial charge in [-0.15, -0.1) is 0 Å². The van der Waals surface area contributed by atoms with Crippen molar-refractivity contribution in [2.45, 2.75) is 33.3 Å². The molecule has 0 aliphatic rings. The van der Waals surface area contributed by atoms with Gasteiger partial charge in [0.15, 0.2) is 0 Å².